The summed E-state index contributed by atoms with van der Waals surface area (Å²) in [6.07, 6.45) is 107. The van der Waals surface area contributed by atoms with E-state index in [9.17, 15) is 0 Å². The Bertz CT molecular complexity index is 4620. The molecule has 0 radical (unpaired) electrons. The van der Waals surface area contributed by atoms with Crippen LogP contribution in [0.1, 0.15) is 547 Å². The molecule has 0 aliphatic carbocycles. The van der Waals surface area contributed by atoms with Crippen LogP contribution in [0.5, 0.6) is 0 Å². The molecule has 0 spiro atoms. The van der Waals surface area contributed by atoms with Crippen LogP contribution in [0.15, 0.2) is 72.8 Å². The fourth-order valence-electron chi connectivity index (χ4n) is 20.6. The molecule has 0 fully saturated rings. The Morgan fingerprint density at radius 2 is 0.397 bits per heavy atom. The van der Waals surface area contributed by atoms with Crippen LogP contribution in [0.25, 0.3) is 85.0 Å². The molecule has 10 heterocycles. The van der Waals surface area contributed by atoms with E-state index in [0.717, 1.165) is 25.7 Å². The van der Waals surface area contributed by atoms with Gasteiger partial charge in [-0.05, 0) is 0 Å². The molecule has 0 aliphatic rings. The molecule has 0 aromatic carbocycles. The van der Waals surface area contributed by atoms with Crippen LogP contribution in [-0.2, 0) is 38.5 Å². The second kappa shape index (κ2) is 73.2. The molecular formula is C124H192N2S6Se4. The van der Waals surface area contributed by atoms with Crippen LogP contribution in [0, 0.1) is 13.8 Å². The molecular weight excluding hydrogens is 2030 g/mol. The van der Waals surface area contributed by atoms with Crippen molar-refractivity contribution in [2.45, 2.75) is 556 Å². The first kappa shape index (κ1) is 116. The quantitative estimate of drug-likeness (QED) is 0.0280. The fraction of sp³-hybridized carbons (Fsp3) is 0.694. The maximum atomic E-state index is 6.06. The Hall–Kier alpha value is -1.94. The summed E-state index contributed by atoms with van der Waals surface area (Å²) in [5.41, 5.74) is 9.18. The number of thiophene rings is 4. The number of hydrogen-bond donors (Lipinski definition) is 0. The minimum absolute atomic E-state index is 0.204. The Balaban J connectivity index is 0.946. The topological polar surface area (TPSA) is 25.8 Å². The zero-order valence-corrected chi connectivity index (χ0v) is 99.8. The van der Waals surface area contributed by atoms with Gasteiger partial charge in [-0.3, -0.25) is 0 Å². The molecule has 0 amide bonds. The van der Waals surface area contributed by atoms with E-state index in [1.54, 1.807) is 67.5 Å². The molecule has 136 heavy (non-hydrogen) atoms. The molecule has 12 heteroatoms. The number of aromatic nitrogens is 2. The summed E-state index contributed by atoms with van der Waals surface area (Å²) in [7, 11) is 0. The summed E-state index contributed by atoms with van der Waals surface area (Å²) in [6.45, 7) is 18.8. The van der Waals surface area contributed by atoms with Gasteiger partial charge in [0.1, 0.15) is 0 Å². The molecule has 0 atom stereocenters. The molecule has 10 rings (SSSR count). The van der Waals surface area contributed by atoms with Gasteiger partial charge in [0.05, 0.1) is 0 Å². The molecule has 10 aromatic rings. The van der Waals surface area contributed by atoms with Gasteiger partial charge in [0.15, 0.2) is 0 Å². The molecule has 0 saturated heterocycles. The fourth-order valence-corrected chi connectivity index (χ4v) is 38.1. The zero-order chi connectivity index (χ0) is 95.1. The van der Waals surface area contributed by atoms with Gasteiger partial charge in [-0.25, -0.2) is 0 Å². The SMILES string of the molecule is CCCCCCCCCCCCCCc1cc(C)sc1-c1cc(CCCCCCCCCCCCCC)c(-c2nc(CCCCCCCCCCCCCC)c(-c3ccc(-c4ccc(-c5sc(-c6sc(-c7sc(-c8ccc(-c9ccc(C)[se]9)[se]8)cc7CCCCCCCCCCCCCC)cc6CCCCCCCCCCCCCC)nc5CCCCCCCCCCCCCC)[se]4)[se]3)s2)s1. The molecule has 10 aromatic heterocycles. The molecule has 0 bridgehead atoms. The van der Waals surface area contributed by atoms with Crippen LogP contribution in [-0.4, -0.2) is 68.0 Å². The molecule has 758 valence electrons. The van der Waals surface area contributed by atoms with Crippen LogP contribution in [0.3, 0.4) is 0 Å². The standard InChI is InChI=1S/C124H192N2S6Se4/c1-9-15-21-27-33-39-45-51-57-63-69-75-81-101-95-99(7)127-117(101)108-97-103(83-77-71-65-59-53-47-41-35-29-23-17-11-3)119(129-108)123-125-105(85-79-73-67-61-55-49-43-37-31-25-19-13-5)121(131-123)115-93-91-113(135-115)114-92-94-116(136-114)122-106(86-80-74-68-62-56-50-44-38-32-26-20-14-6)126-124(132-122)120-104(84-78-72-66-60-54-48-42-36-30-24-18-12-4)98-109(130-120)118-102(82-76-70-64-58-52-46-40-34-28-22-16-10-2)96-107(128-118)110-89-90-112(134-110)111-88-87-100(8)133-111/h87-98H,9-86H2,1-8H3. The van der Waals surface area contributed by atoms with Gasteiger partial charge in [0, 0.05) is 0 Å². The number of aryl methyl sites for hydroxylation is 8. The van der Waals surface area contributed by atoms with E-state index in [-0.39, 0.29) is 29.0 Å². The van der Waals surface area contributed by atoms with Crippen LogP contribution < -0.4 is 0 Å². The number of rotatable bonds is 87. The van der Waals surface area contributed by atoms with E-state index in [4.69, 9.17) is 9.97 Å². The average molecular weight is 2220 g/mol. The third kappa shape index (κ3) is 44.4. The number of nitrogens with zero attached hydrogens (tertiary/aromatic N) is 2. The minimum atomic E-state index is 0.204. The normalized spacial score (nSPS) is 11.9. The molecule has 0 saturated carbocycles. The summed E-state index contributed by atoms with van der Waals surface area (Å²) in [5.74, 6) is 0. The third-order valence-corrected chi connectivity index (χ3v) is 48.2. The van der Waals surface area contributed by atoms with E-state index in [1.807, 2.05) is 0 Å². The van der Waals surface area contributed by atoms with Crippen LogP contribution in [0.4, 0.5) is 0 Å². The third-order valence-electron chi connectivity index (χ3n) is 29.1. The van der Waals surface area contributed by atoms with Gasteiger partial charge in [-0.1, -0.05) is 279 Å². The second-order valence-corrected chi connectivity index (χ2v) is 57.4. The zero-order valence-electron chi connectivity index (χ0n) is 88.1. The van der Waals surface area contributed by atoms with Crippen molar-refractivity contribution in [3.8, 4) is 85.0 Å². The summed E-state index contributed by atoms with van der Waals surface area (Å²) < 4.78 is 12.8. The van der Waals surface area contributed by atoms with Gasteiger partial charge >= 0.3 is 614 Å². The first-order chi connectivity index (χ1) is 67.2. The predicted molar refractivity (Wildman–Crippen MR) is 624 cm³/mol. The Morgan fingerprint density at radius 1 is 0.184 bits per heavy atom. The van der Waals surface area contributed by atoms with Crippen molar-refractivity contribution in [1.82, 2.24) is 9.97 Å². The Morgan fingerprint density at radius 3 is 0.684 bits per heavy atom. The van der Waals surface area contributed by atoms with E-state index in [2.05, 4.69) is 196 Å². The molecule has 0 N–H and O–H groups in total. The molecule has 0 aliphatic heterocycles. The van der Waals surface area contributed by atoms with Gasteiger partial charge in [0.25, 0.3) is 0 Å². The second-order valence-electron chi connectivity index (χ2n) is 41.4. The van der Waals surface area contributed by atoms with E-state index < -0.39 is 0 Å². The Kier molecular flexibility index (Phi) is 62.4. The predicted octanol–water partition coefficient (Wildman–Crippen LogP) is 44.2. The van der Waals surface area contributed by atoms with Crippen molar-refractivity contribution in [3.63, 3.8) is 0 Å². The van der Waals surface area contributed by atoms with Crippen molar-refractivity contribution in [2.24, 2.45) is 0 Å². The van der Waals surface area contributed by atoms with Gasteiger partial charge in [-0.15, -0.1) is 0 Å². The van der Waals surface area contributed by atoms with Crippen molar-refractivity contribution < 1.29 is 0 Å². The Labute approximate surface area is 884 Å². The maximum absolute atomic E-state index is 6.06. The summed E-state index contributed by atoms with van der Waals surface area (Å²) in [4.78, 5) is 27.3. The van der Waals surface area contributed by atoms with E-state index in [1.165, 1.54) is 536 Å². The molecule has 0 unspecified atom stereocenters. The number of unbranched alkanes of at least 4 members (excludes halogenated alkanes) is 66. The van der Waals surface area contributed by atoms with Gasteiger partial charge < -0.3 is 0 Å². The number of hydrogen-bond acceptors (Lipinski definition) is 8. The number of thiazole rings is 2. The van der Waals surface area contributed by atoms with Crippen LogP contribution in [0.2, 0.25) is 0 Å². The first-order valence-corrected chi connectivity index (χ1v) is 69.8. The van der Waals surface area contributed by atoms with Gasteiger partial charge in [-0.2, -0.15) is 0 Å². The summed E-state index contributed by atoms with van der Waals surface area (Å²) >= 11 is 13.9. The van der Waals surface area contributed by atoms with Gasteiger partial charge in [0.2, 0.25) is 0 Å². The molecule has 2 nitrogen and oxygen atoms in total. The summed E-state index contributed by atoms with van der Waals surface area (Å²) in [5, 5.41) is 2.63. The van der Waals surface area contributed by atoms with Crippen molar-refractivity contribution >= 4 is 126 Å². The van der Waals surface area contributed by atoms with Crippen molar-refractivity contribution in [1.29, 1.82) is 0 Å². The van der Waals surface area contributed by atoms with E-state index in [0.29, 0.717) is 29.0 Å². The summed E-state index contributed by atoms with van der Waals surface area (Å²) in [6, 6.07) is 31.0. The average Bonchev–Trinajstić information content (AvgIpc) is 1.62. The monoisotopic (exact) mass is 2220 g/mol. The van der Waals surface area contributed by atoms with E-state index >= 15 is 0 Å². The van der Waals surface area contributed by atoms with Crippen LogP contribution >= 0.6 is 68.0 Å². The van der Waals surface area contributed by atoms with Crippen molar-refractivity contribution in [3.05, 3.63) is 116 Å². The first-order valence-electron chi connectivity index (χ1n) is 58.0. The van der Waals surface area contributed by atoms with Crippen molar-refractivity contribution in [2.75, 3.05) is 0 Å².